The summed E-state index contributed by atoms with van der Waals surface area (Å²) in [4.78, 5) is 23.7. The number of benzene rings is 2. The molecule has 0 saturated heterocycles. The van der Waals surface area contributed by atoms with Crippen LogP contribution in [0.25, 0.3) is 0 Å². The molecule has 146 valence electrons. The van der Waals surface area contributed by atoms with Crippen molar-refractivity contribution < 1.29 is 24.2 Å². The molecule has 1 fully saturated rings. The third-order valence-electron chi connectivity index (χ3n) is 5.04. The van der Waals surface area contributed by atoms with Gasteiger partial charge in [0.05, 0.1) is 24.4 Å². The molecule has 0 spiro atoms. The third kappa shape index (κ3) is 5.08. The first-order valence-electron chi connectivity index (χ1n) is 9.40. The molecule has 3 rings (SSSR count). The van der Waals surface area contributed by atoms with Gasteiger partial charge in [-0.1, -0.05) is 49.0 Å². The summed E-state index contributed by atoms with van der Waals surface area (Å²) in [5.74, 6) is -0.561. The maximum atomic E-state index is 12.2. The van der Waals surface area contributed by atoms with E-state index < -0.39 is 18.2 Å². The highest BCUT2D eigenvalue weighted by atomic mass is 16.6. The van der Waals surface area contributed by atoms with Crippen LogP contribution in [-0.2, 0) is 20.7 Å². The quantitative estimate of drug-likeness (QED) is 0.610. The SMILES string of the molecule is C=COC(=O)Cc1ccc(C2CCC(OC(=O)c3ccccc3)C(O)C2)cc1. The van der Waals surface area contributed by atoms with E-state index in [-0.39, 0.29) is 18.3 Å². The van der Waals surface area contributed by atoms with Crippen molar-refractivity contribution >= 4 is 11.9 Å². The minimum absolute atomic E-state index is 0.191. The van der Waals surface area contributed by atoms with Gasteiger partial charge in [0.1, 0.15) is 6.10 Å². The fourth-order valence-corrected chi connectivity index (χ4v) is 3.55. The Morgan fingerprint density at radius 2 is 1.79 bits per heavy atom. The van der Waals surface area contributed by atoms with Gasteiger partial charge in [-0.15, -0.1) is 0 Å². The molecule has 5 heteroatoms. The number of hydrogen-bond acceptors (Lipinski definition) is 5. The van der Waals surface area contributed by atoms with Gasteiger partial charge in [0, 0.05) is 0 Å². The highest BCUT2D eigenvalue weighted by Gasteiger charge is 2.32. The van der Waals surface area contributed by atoms with Crippen molar-refractivity contribution in [2.24, 2.45) is 0 Å². The summed E-state index contributed by atoms with van der Waals surface area (Å²) in [6.45, 7) is 3.37. The van der Waals surface area contributed by atoms with Gasteiger partial charge in [0.2, 0.25) is 0 Å². The average molecular weight is 380 g/mol. The maximum absolute atomic E-state index is 12.2. The molecule has 1 aliphatic carbocycles. The maximum Gasteiger partial charge on any atom is 0.338 e. The lowest BCUT2D eigenvalue weighted by Crippen LogP contribution is -2.36. The van der Waals surface area contributed by atoms with Gasteiger partial charge in [-0.2, -0.15) is 0 Å². The molecule has 28 heavy (non-hydrogen) atoms. The first-order chi connectivity index (χ1) is 13.6. The van der Waals surface area contributed by atoms with E-state index in [9.17, 15) is 14.7 Å². The van der Waals surface area contributed by atoms with Crippen molar-refractivity contribution in [2.45, 2.75) is 43.8 Å². The van der Waals surface area contributed by atoms with Gasteiger partial charge < -0.3 is 14.6 Å². The van der Waals surface area contributed by atoms with Crippen molar-refractivity contribution in [3.8, 4) is 0 Å². The Kier molecular flexibility index (Phi) is 6.61. The van der Waals surface area contributed by atoms with Crippen molar-refractivity contribution in [3.63, 3.8) is 0 Å². The Bertz CT molecular complexity index is 813. The smallest absolute Gasteiger partial charge is 0.338 e. The Hall–Kier alpha value is -2.92. The van der Waals surface area contributed by atoms with Crippen molar-refractivity contribution in [1.82, 2.24) is 0 Å². The molecule has 1 saturated carbocycles. The minimum atomic E-state index is -0.700. The van der Waals surface area contributed by atoms with Crippen LogP contribution in [0.4, 0.5) is 0 Å². The Labute approximate surface area is 164 Å². The van der Waals surface area contributed by atoms with E-state index in [0.717, 1.165) is 23.8 Å². The zero-order chi connectivity index (χ0) is 19.9. The summed E-state index contributed by atoms with van der Waals surface area (Å²) in [6.07, 6.45) is 2.09. The van der Waals surface area contributed by atoms with E-state index in [1.807, 2.05) is 30.3 Å². The fourth-order valence-electron chi connectivity index (χ4n) is 3.55. The first-order valence-corrected chi connectivity index (χ1v) is 9.40. The van der Waals surface area contributed by atoms with Crippen LogP contribution in [0.3, 0.4) is 0 Å². The molecule has 0 bridgehead atoms. The van der Waals surface area contributed by atoms with Crippen LogP contribution in [0, 0.1) is 0 Å². The topological polar surface area (TPSA) is 72.8 Å². The third-order valence-corrected chi connectivity index (χ3v) is 5.04. The molecule has 0 heterocycles. The van der Waals surface area contributed by atoms with Crippen LogP contribution >= 0.6 is 0 Å². The number of carbonyl (C=O) groups excluding carboxylic acids is 2. The van der Waals surface area contributed by atoms with Crippen molar-refractivity contribution in [3.05, 3.63) is 84.1 Å². The Morgan fingerprint density at radius 3 is 2.43 bits per heavy atom. The Balaban J connectivity index is 1.55. The van der Waals surface area contributed by atoms with E-state index in [1.165, 1.54) is 0 Å². The van der Waals surface area contributed by atoms with Gasteiger partial charge in [-0.05, 0) is 48.4 Å². The second-order valence-electron chi connectivity index (χ2n) is 6.96. The minimum Gasteiger partial charge on any atom is -0.456 e. The number of aliphatic hydroxyl groups is 1. The summed E-state index contributed by atoms with van der Waals surface area (Å²) in [5, 5.41) is 10.5. The van der Waals surface area contributed by atoms with Crippen molar-refractivity contribution in [1.29, 1.82) is 0 Å². The van der Waals surface area contributed by atoms with E-state index in [0.29, 0.717) is 18.4 Å². The molecule has 2 aromatic rings. The summed E-state index contributed by atoms with van der Waals surface area (Å²) in [7, 11) is 0. The second kappa shape index (κ2) is 9.33. The van der Waals surface area contributed by atoms with Crippen LogP contribution in [0.5, 0.6) is 0 Å². The standard InChI is InChI=1S/C23H24O5/c1-2-27-22(25)14-16-8-10-17(11-9-16)19-12-13-21(20(24)15-19)28-23(26)18-6-4-3-5-7-18/h2-11,19-21,24H,1,12-15H2. The summed E-state index contributed by atoms with van der Waals surface area (Å²) in [6, 6.07) is 16.6. The molecule has 3 unspecified atom stereocenters. The predicted octanol–water partition coefficient (Wildman–Crippen LogP) is 3.77. The van der Waals surface area contributed by atoms with Gasteiger partial charge in [-0.3, -0.25) is 4.79 Å². The fraction of sp³-hybridized carbons (Fsp3) is 0.304. The number of ether oxygens (including phenoxy) is 2. The predicted molar refractivity (Wildman–Crippen MR) is 105 cm³/mol. The summed E-state index contributed by atoms with van der Waals surface area (Å²) < 4.78 is 10.2. The Morgan fingerprint density at radius 1 is 1.07 bits per heavy atom. The number of aliphatic hydroxyl groups excluding tert-OH is 1. The lowest BCUT2D eigenvalue weighted by atomic mass is 9.81. The zero-order valence-electron chi connectivity index (χ0n) is 15.6. The summed E-state index contributed by atoms with van der Waals surface area (Å²) in [5.41, 5.74) is 2.46. The number of hydrogen-bond donors (Lipinski definition) is 1. The highest BCUT2D eigenvalue weighted by molar-refractivity contribution is 5.89. The molecule has 0 amide bonds. The molecule has 1 aliphatic rings. The molecule has 5 nitrogen and oxygen atoms in total. The van der Waals surface area contributed by atoms with E-state index >= 15 is 0 Å². The van der Waals surface area contributed by atoms with E-state index in [2.05, 4.69) is 6.58 Å². The van der Waals surface area contributed by atoms with Gasteiger partial charge in [-0.25, -0.2) is 4.79 Å². The van der Waals surface area contributed by atoms with E-state index in [4.69, 9.17) is 9.47 Å². The second-order valence-corrected chi connectivity index (χ2v) is 6.96. The average Bonchev–Trinajstić information content (AvgIpc) is 2.71. The molecule has 3 atom stereocenters. The zero-order valence-corrected chi connectivity index (χ0v) is 15.6. The van der Waals surface area contributed by atoms with Crippen LogP contribution in [0.15, 0.2) is 67.4 Å². The lowest BCUT2D eigenvalue weighted by molar-refractivity contribution is -0.137. The van der Waals surface area contributed by atoms with Gasteiger partial charge in [0.15, 0.2) is 0 Å². The van der Waals surface area contributed by atoms with E-state index in [1.54, 1.807) is 24.3 Å². The van der Waals surface area contributed by atoms with Gasteiger partial charge >= 0.3 is 11.9 Å². The van der Waals surface area contributed by atoms with Gasteiger partial charge in [0.25, 0.3) is 0 Å². The number of carbonyl (C=O) groups is 2. The van der Waals surface area contributed by atoms with Crippen LogP contribution < -0.4 is 0 Å². The van der Waals surface area contributed by atoms with Crippen LogP contribution in [0.2, 0.25) is 0 Å². The monoisotopic (exact) mass is 380 g/mol. The molecular weight excluding hydrogens is 356 g/mol. The van der Waals surface area contributed by atoms with Crippen molar-refractivity contribution in [2.75, 3.05) is 0 Å². The lowest BCUT2D eigenvalue weighted by Gasteiger charge is -2.33. The largest absolute Gasteiger partial charge is 0.456 e. The number of rotatable bonds is 6. The molecular formula is C23H24O5. The number of esters is 2. The molecule has 1 N–H and O–H groups in total. The molecule has 0 radical (unpaired) electrons. The molecule has 0 aromatic heterocycles. The summed E-state index contributed by atoms with van der Waals surface area (Å²) >= 11 is 0. The molecule has 0 aliphatic heterocycles. The highest BCUT2D eigenvalue weighted by Crippen LogP contribution is 2.34. The molecule has 2 aromatic carbocycles. The normalized spacial score (nSPS) is 21.5. The van der Waals surface area contributed by atoms with Crippen LogP contribution in [0.1, 0.15) is 46.7 Å². The van der Waals surface area contributed by atoms with Crippen LogP contribution in [-0.4, -0.2) is 29.3 Å². The first kappa shape index (κ1) is 19.8.